The predicted molar refractivity (Wildman–Crippen MR) is 120 cm³/mol. The molecule has 0 radical (unpaired) electrons. The highest BCUT2D eigenvalue weighted by atomic mass is 32.2. The maximum atomic E-state index is 15.3. The first-order chi connectivity index (χ1) is 16.0. The monoisotopic (exact) mass is 492 g/mol. The molecule has 0 bridgehead atoms. The molecule has 1 fully saturated rings. The van der Waals surface area contributed by atoms with Gasteiger partial charge in [-0.3, -0.25) is 10.7 Å². The number of carbonyl (C=O) groups excluding carboxylic acids is 1. The van der Waals surface area contributed by atoms with E-state index >= 15 is 4.39 Å². The lowest BCUT2D eigenvalue weighted by Gasteiger charge is -2.38. The summed E-state index contributed by atoms with van der Waals surface area (Å²) in [7, 11) is -3.54. The van der Waals surface area contributed by atoms with E-state index in [0.29, 0.717) is 13.1 Å². The zero-order chi connectivity index (χ0) is 25.0. The van der Waals surface area contributed by atoms with Crippen molar-refractivity contribution in [1.29, 1.82) is 10.7 Å². The third-order valence-electron chi connectivity index (χ3n) is 5.20. The summed E-state index contributed by atoms with van der Waals surface area (Å²) in [6.07, 6.45) is -0.0217. The van der Waals surface area contributed by atoms with E-state index < -0.39 is 40.1 Å². The van der Waals surface area contributed by atoms with Gasteiger partial charge in [-0.2, -0.15) is 5.26 Å². The lowest BCUT2D eigenvalue weighted by molar-refractivity contribution is 0.143. The van der Waals surface area contributed by atoms with Gasteiger partial charge in [0.25, 0.3) is 0 Å². The van der Waals surface area contributed by atoms with E-state index in [9.17, 15) is 22.9 Å². The standard InChI is InChI=1S/C21H22F2N6O4S/c1-34(31,32)15-4-5-17(16(22)10-15)28-6-8-29(9-7-28)19-13(11-24)2-3-14(18(19)23)12-33-21(30)27-20(25)26/h2-5,10H,6-9,12H2,1H3,(H4,25,26,27,30). The molecule has 1 amide bonds. The van der Waals surface area contributed by atoms with Gasteiger partial charge in [-0.25, -0.2) is 22.0 Å². The van der Waals surface area contributed by atoms with E-state index in [0.717, 1.165) is 12.3 Å². The summed E-state index contributed by atoms with van der Waals surface area (Å²) in [5.41, 5.74) is 5.43. The summed E-state index contributed by atoms with van der Waals surface area (Å²) in [4.78, 5) is 14.7. The molecule has 34 heavy (non-hydrogen) atoms. The van der Waals surface area contributed by atoms with Crippen LogP contribution in [0.15, 0.2) is 35.2 Å². The van der Waals surface area contributed by atoms with Gasteiger partial charge in [-0.1, -0.05) is 6.07 Å². The molecule has 2 aromatic carbocycles. The van der Waals surface area contributed by atoms with Crippen molar-refractivity contribution in [2.75, 3.05) is 42.2 Å². The normalized spacial score (nSPS) is 13.8. The summed E-state index contributed by atoms with van der Waals surface area (Å²) >= 11 is 0. The maximum absolute atomic E-state index is 15.3. The number of guanidine groups is 1. The number of carbonyl (C=O) groups is 1. The van der Waals surface area contributed by atoms with Crippen molar-refractivity contribution in [2.24, 2.45) is 5.73 Å². The molecule has 1 saturated heterocycles. The Labute approximate surface area is 194 Å². The van der Waals surface area contributed by atoms with Crippen LogP contribution in [-0.4, -0.2) is 52.9 Å². The van der Waals surface area contributed by atoms with Crippen LogP contribution in [0.4, 0.5) is 25.0 Å². The van der Waals surface area contributed by atoms with E-state index in [-0.39, 0.29) is 40.5 Å². The summed E-state index contributed by atoms with van der Waals surface area (Å²) in [5, 5.41) is 18.4. The smallest absolute Gasteiger partial charge is 0.414 e. The Morgan fingerprint density at radius 1 is 1.21 bits per heavy atom. The second kappa shape index (κ2) is 9.92. The molecule has 1 aliphatic rings. The molecular weight excluding hydrogens is 470 g/mol. The summed E-state index contributed by atoms with van der Waals surface area (Å²) < 4.78 is 57.9. The van der Waals surface area contributed by atoms with Gasteiger partial charge in [-0.15, -0.1) is 0 Å². The average Bonchev–Trinajstić information content (AvgIpc) is 2.77. The van der Waals surface area contributed by atoms with Gasteiger partial charge < -0.3 is 20.3 Å². The van der Waals surface area contributed by atoms with Crippen molar-refractivity contribution in [1.82, 2.24) is 5.32 Å². The van der Waals surface area contributed by atoms with Crippen molar-refractivity contribution in [3.05, 3.63) is 53.1 Å². The van der Waals surface area contributed by atoms with E-state index in [4.69, 9.17) is 15.9 Å². The SMILES string of the molecule is CS(=O)(=O)c1ccc(N2CCN(c3c(C#N)ccc(COC(=O)NC(=N)N)c3F)CC2)c(F)c1. The molecule has 4 N–H and O–H groups in total. The Morgan fingerprint density at radius 3 is 2.41 bits per heavy atom. The molecule has 0 aromatic heterocycles. The first kappa shape index (κ1) is 24.7. The fraction of sp³-hybridized carbons (Fsp3) is 0.286. The Bertz CT molecular complexity index is 1270. The zero-order valence-electron chi connectivity index (χ0n) is 18.1. The number of nitriles is 1. The van der Waals surface area contributed by atoms with Gasteiger partial charge in [0, 0.05) is 38.0 Å². The Kier molecular flexibility index (Phi) is 7.21. The molecule has 2 aromatic rings. The van der Waals surface area contributed by atoms with Crippen LogP contribution in [-0.2, 0) is 21.2 Å². The molecule has 0 aliphatic carbocycles. The molecule has 13 heteroatoms. The minimum atomic E-state index is -3.54. The quantitative estimate of drug-likeness (QED) is 0.421. The molecule has 10 nitrogen and oxygen atoms in total. The van der Waals surface area contributed by atoms with Crippen molar-refractivity contribution < 1.29 is 26.7 Å². The number of rotatable bonds is 5. The van der Waals surface area contributed by atoms with Crippen LogP contribution >= 0.6 is 0 Å². The number of amides is 1. The van der Waals surface area contributed by atoms with Gasteiger partial charge in [0.05, 0.1) is 21.8 Å². The number of alkyl carbamates (subject to hydrolysis) is 1. The number of nitrogens with two attached hydrogens (primary N) is 1. The highest BCUT2D eigenvalue weighted by Crippen LogP contribution is 2.30. The second-order valence-electron chi connectivity index (χ2n) is 7.52. The Morgan fingerprint density at radius 2 is 1.85 bits per heavy atom. The molecule has 0 atom stereocenters. The van der Waals surface area contributed by atoms with Crippen molar-refractivity contribution in [2.45, 2.75) is 11.5 Å². The first-order valence-corrected chi connectivity index (χ1v) is 11.9. The van der Waals surface area contributed by atoms with Crippen molar-refractivity contribution in [3.63, 3.8) is 0 Å². The summed E-state index contributed by atoms with van der Waals surface area (Å²) in [6.45, 7) is 0.659. The van der Waals surface area contributed by atoms with Crippen LogP contribution < -0.4 is 20.9 Å². The fourth-order valence-corrected chi connectivity index (χ4v) is 4.18. The number of piperazine rings is 1. The number of sulfone groups is 1. The molecule has 3 rings (SSSR count). The number of hydrogen-bond donors (Lipinski definition) is 3. The van der Waals surface area contributed by atoms with Crippen LogP contribution in [0.2, 0.25) is 0 Å². The molecule has 0 saturated carbocycles. The highest BCUT2D eigenvalue weighted by molar-refractivity contribution is 7.90. The predicted octanol–water partition coefficient (Wildman–Crippen LogP) is 1.69. The van der Waals surface area contributed by atoms with Crippen LogP contribution in [0, 0.1) is 28.4 Å². The largest absolute Gasteiger partial charge is 0.444 e. The van der Waals surface area contributed by atoms with Gasteiger partial charge in [0.1, 0.15) is 18.5 Å². The van der Waals surface area contributed by atoms with E-state index in [2.05, 4.69) is 0 Å². The van der Waals surface area contributed by atoms with Gasteiger partial charge in [0.15, 0.2) is 21.6 Å². The Hall–Kier alpha value is -3.92. The molecule has 0 spiro atoms. The summed E-state index contributed by atoms with van der Waals surface area (Å²) in [6, 6.07) is 8.38. The van der Waals surface area contributed by atoms with E-state index in [1.165, 1.54) is 24.3 Å². The maximum Gasteiger partial charge on any atom is 0.414 e. The second-order valence-corrected chi connectivity index (χ2v) is 9.54. The van der Waals surface area contributed by atoms with Crippen LogP contribution in [0.3, 0.4) is 0 Å². The number of halogens is 2. The minimum Gasteiger partial charge on any atom is -0.444 e. The molecule has 1 heterocycles. The third-order valence-corrected chi connectivity index (χ3v) is 6.31. The van der Waals surface area contributed by atoms with Crippen LogP contribution in [0.5, 0.6) is 0 Å². The summed E-state index contributed by atoms with van der Waals surface area (Å²) in [5.74, 6) is -2.03. The van der Waals surface area contributed by atoms with E-state index in [1.807, 2.05) is 11.4 Å². The first-order valence-electron chi connectivity index (χ1n) is 10.00. The van der Waals surface area contributed by atoms with Crippen molar-refractivity contribution >= 4 is 33.3 Å². The lowest BCUT2D eigenvalue weighted by Crippen LogP contribution is -2.47. The molecule has 180 valence electrons. The van der Waals surface area contributed by atoms with Crippen molar-refractivity contribution in [3.8, 4) is 6.07 Å². The van der Waals surface area contributed by atoms with Crippen LogP contribution in [0.1, 0.15) is 11.1 Å². The van der Waals surface area contributed by atoms with Gasteiger partial charge in [0.2, 0.25) is 0 Å². The number of nitrogens with one attached hydrogen (secondary N) is 2. The number of ether oxygens (including phenoxy) is 1. The number of anilines is 2. The van der Waals surface area contributed by atoms with E-state index in [1.54, 1.807) is 9.80 Å². The number of hydrogen-bond acceptors (Lipinski definition) is 8. The average molecular weight is 493 g/mol. The zero-order valence-corrected chi connectivity index (χ0v) is 19.0. The highest BCUT2D eigenvalue weighted by Gasteiger charge is 2.26. The molecule has 1 aliphatic heterocycles. The molecule has 0 unspecified atom stereocenters. The molecular formula is C21H22F2N6O4S. The third kappa shape index (κ3) is 5.52. The minimum absolute atomic E-state index is 0.0255. The number of benzene rings is 2. The van der Waals surface area contributed by atoms with Gasteiger partial charge in [-0.05, 0) is 24.3 Å². The lowest BCUT2D eigenvalue weighted by atomic mass is 10.1. The topological polar surface area (TPSA) is 153 Å². The Balaban J connectivity index is 1.76. The number of nitrogens with zero attached hydrogens (tertiary/aromatic N) is 3. The van der Waals surface area contributed by atoms with Gasteiger partial charge >= 0.3 is 6.09 Å². The fourth-order valence-electron chi connectivity index (χ4n) is 3.55. The van der Waals surface area contributed by atoms with Crippen LogP contribution in [0.25, 0.3) is 0 Å².